The van der Waals surface area contributed by atoms with Crippen LogP contribution in [0.15, 0.2) is 72.1 Å². The maximum Gasteiger partial charge on any atom is 0.184 e. The predicted molar refractivity (Wildman–Crippen MR) is 106 cm³/mol. The number of aromatic nitrogens is 5. The molecule has 0 aliphatic carbocycles. The molecule has 0 radical (unpaired) electrons. The second-order valence-corrected chi connectivity index (χ2v) is 6.34. The van der Waals surface area contributed by atoms with Gasteiger partial charge in [-0.1, -0.05) is 60.7 Å². The molecular formula is C21H20N6. The first kappa shape index (κ1) is 16.9. The molecule has 4 rings (SSSR count). The minimum absolute atomic E-state index is 0.707. The van der Waals surface area contributed by atoms with Crippen LogP contribution in [0.4, 0.5) is 0 Å². The van der Waals surface area contributed by atoms with E-state index in [4.69, 9.17) is 0 Å². The minimum atomic E-state index is 0.707. The lowest BCUT2D eigenvalue weighted by atomic mass is 10.2. The van der Waals surface area contributed by atoms with E-state index in [2.05, 4.69) is 39.5 Å². The van der Waals surface area contributed by atoms with Crippen molar-refractivity contribution in [1.29, 1.82) is 0 Å². The standard InChI is InChI=1S/C21H20N6/c1-16-20(17(2)26(25-16)14-18-9-5-3-6-10-18)13-23-27-15-22-24-21(27)19-11-7-4-8-12-19/h3-13,15H,14H2,1-2H3/b23-13-. The Morgan fingerprint density at radius 2 is 1.67 bits per heavy atom. The fourth-order valence-corrected chi connectivity index (χ4v) is 3.02. The van der Waals surface area contributed by atoms with Gasteiger partial charge < -0.3 is 0 Å². The second-order valence-electron chi connectivity index (χ2n) is 6.34. The monoisotopic (exact) mass is 356 g/mol. The number of nitrogens with zero attached hydrogens (tertiary/aromatic N) is 6. The van der Waals surface area contributed by atoms with Gasteiger partial charge in [-0.25, -0.2) is 0 Å². The van der Waals surface area contributed by atoms with Crippen LogP contribution in [-0.2, 0) is 6.54 Å². The zero-order valence-corrected chi connectivity index (χ0v) is 15.3. The highest BCUT2D eigenvalue weighted by Gasteiger charge is 2.11. The van der Waals surface area contributed by atoms with E-state index in [1.165, 1.54) is 5.56 Å². The van der Waals surface area contributed by atoms with Crippen LogP contribution in [0.5, 0.6) is 0 Å². The van der Waals surface area contributed by atoms with Crippen molar-refractivity contribution in [2.45, 2.75) is 20.4 Å². The van der Waals surface area contributed by atoms with Gasteiger partial charge in [0.05, 0.1) is 18.5 Å². The van der Waals surface area contributed by atoms with Crippen LogP contribution in [-0.4, -0.2) is 30.9 Å². The van der Waals surface area contributed by atoms with Crippen LogP contribution in [0.2, 0.25) is 0 Å². The Bertz CT molecular complexity index is 1060. The summed E-state index contributed by atoms with van der Waals surface area (Å²) in [7, 11) is 0. The van der Waals surface area contributed by atoms with Gasteiger partial charge in [0, 0.05) is 16.8 Å². The van der Waals surface area contributed by atoms with E-state index in [1.54, 1.807) is 11.0 Å². The molecule has 0 saturated carbocycles. The van der Waals surface area contributed by atoms with Gasteiger partial charge in [-0.05, 0) is 19.4 Å². The van der Waals surface area contributed by atoms with Crippen LogP contribution in [0.3, 0.4) is 0 Å². The summed E-state index contributed by atoms with van der Waals surface area (Å²) in [6.07, 6.45) is 3.44. The molecule has 0 fully saturated rings. The smallest absolute Gasteiger partial charge is 0.184 e. The average molecular weight is 356 g/mol. The molecular weight excluding hydrogens is 336 g/mol. The summed E-state index contributed by atoms with van der Waals surface area (Å²) in [6.45, 7) is 4.80. The van der Waals surface area contributed by atoms with Gasteiger partial charge in [-0.15, -0.1) is 10.2 Å². The van der Waals surface area contributed by atoms with E-state index in [0.717, 1.165) is 29.1 Å². The SMILES string of the molecule is Cc1nn(Cc2ccccc2)c(C)c1/C=N\n1cnnc1-c1ccccc1. The largest absolute Gasteiger partial charge is 0.265 e. The molecule has 0 spiro atoms. The van der Waals surface area contributed by atoms with Crippen molar-refractivity contribution >= 4 is 6.21 Å². The normalized spacial score (nSPS) is 11.3. The van der Waals surface area contributed by atoms with Crippen molar-refractivity contribution in [2.24, 2.45) is 5.10 Å². The van der Waals surface area contributed by atoms with Crippen LogP contribution < -0.4 is 0 Å². The van der Waals surface area contributed by atoms with E-state index in [1.807, 2.05) is 66.4 Å². The Balaban J connectivity index is 1.62. The summed E-state index contributed by atoms with van der Waals surface area (Å²) >= 11 is 0. The quantitative estimate of drug-likeness (QED) is 0.512. The van der Waals surface area contributed by atoms with Crippen molar-refractivity contribution in [1.82, 2.24) is 24.7 Å². The minimum Gasteiger partial charge on any atom is -0.265 e. The topological polar surface area (TPSA) is 60.9 Å². The van der Waals surface area contributed by atoms with Crippen LogP contribution in [0.25, 0.3) is 11.4 Å². The molecule has 2 heterocycles. The maximum atomic E-state index is 4.67. The molecule has 0 aliphatic heterocycles. The van der Waals surface area contributed by atoms with Gasteiger partial charge in [-0.3, -0.25) is 4.68 Å². The van der Waals surface area contributed by atoms with E-state index < -0.39 is 0 Å². The third-order valence-electron chi connectivity index (χ3n) is 4.49. The van der Waals surface area contributed by atoms with Crippen LogP contribution >= 0.6 is 0 Å². The number of hydrogen-bond donors (Lipinski definition) is 0. The van der Waals surface area contributed by atoms with Crippen molar-refractivity contribution in [3.63, 3.8) is 0 Å². The molecule has 2 aromatic carbocycles. The molecule has 4 aromatic rings. The van der Waals surface area contributed by atoms with Crippen molar-refractivity contribution < 1.29 is 0 Å². The van der Waals surface area contributed by atoms with Gasteiger partial charge >= 0.3 is 0 Å². The molecule has 0 amide bonds. The van der Waals surface area contributed by atoms with Crippen molar-refractivity contribution in [2.75, 3.05) is 0 Å². The molecule has 6 nitrogen and oxygen atoms in total. The summed E-state index contributed by atoms with van der Waals surface area (Å²) < 4.78 is 3.69. The zero-order chi connectivity index (χ0) is 18.6. The fourth-order valence-electron chi connectivity index (χ4n) is 3.02. The highest BCUT2D eigenvalue weighted by Crippen LogP contribution is 2.17. The Hall–Kier alpha value is -3.54. The number of aryl methyl sites for hydroxylation is 1. The van der Waals surface area contributed by atoms with Crippen LogP contribution in [0, 0.1) is 13.8 Å². The Kier molecular flexibility index (Phi) is 4.61. The highest BCUT2D eigenvalue weighted by molar-refractivity contribution is 5.82. The van der Waals surface area contributed by atoms with Crippen molar-refractivity contribution in [3.05, 3.63) is 89.5 Å². The summed E-state index contributed by atoms with van der Waals surface area (Å²) in [5.74, 6) is 0.707. The predicted octanol–water partition coefficient (Wildman–Crippen LogP) is 3.69. The Labute approximate surface area is 157 Å². The number of benzene rings is 2. The molecule has 0 bridgehead atoms. The highest BCUT2D eigenvalue weighted by atomic mass is 15.4. The van der Waals surface area contributed by atoms with Gasteiger partial charge in [0.2, 0.25) is 0 Å². The first-order valence-electron chi connectivity index (χ1n) is 8.80. The van der Waals surface area contributed by atoms with Gasteiger partial charge in [0.15, 0.2) is 5.82 Å². The maximum absolute atomic E-state index is 4.67. The Morgan fingerprint density at radius 3 is 2.41 bits per heavy atom. The molecule has 0 unspecified atom stereocenters. The molecule has 2 aromatic heterocycles. The van der Waals surface area contributed by atoms with Gasteiger partial charge in [0.25, 0.3) is 0 Å². The number of hydrogen-bond acceptors (Lipinski definition) is 4. The molecule has 0 aliphatic rings. The van der Waals surface area contributed by atoms with E-state index in [0.29, 0.717) is 5.82 Å². The van der Waals surface area contributed by atoms with E-state index in [9.17, 15) is 0 Å². The Morgan fingerprint density at radius 1 is 0.963 bits per heavy atom. The molecule has 0 saturated heterocycles. The second kappa shape index (κ2) is 7.37. The summed E-state index contributed by atoms with van der Waals surface area (Å²) in [4.78, 5) is 0. The molecule has 27 heavy (non-hydrogen) atoms. The van der Waals surface area contributed by atoms with Crippen molar-refractivity contribution in [3.8, 4) is 11.4 Å². The first-order valence-corrected chi connectivity index (χ1v) is 8.80. The summed E-state index contributed by atoms with van der Waals surface area (Å²) in [5.41, 5.74) is 5.23. The van der Waals surface area contributed by atoms with E-state index in [-0.39, 0.29) is 0 Å². The molecule has 0 atom stereocenters. The lowest BCUT2D eigenvalue weighted by Gasteiger charge is -2.04. The molecule has 0 N–H and O–H groups in total. The van der Waals surface area contributed by atoms with Crippen LogP contribution in [0.1, 0.15) is 22.5 Å². The van der Waals surface area contributed by atoms with Gasteiger partial charge in [-0.2, -0.15) is 14.9 Å². The third kappa shape index (κ3) is 3.55. The average Bonchev–Trinajstić information content (AvgIpc) is 3.27. The molecule has 6 heteroatoms. The fraction of sp³-hybridized carbons (Fsp3) is 0.143. The first-order chi connectivity index (χ1) is 13.2. The van der Waals surface area contributed by atoms with E-state index >= 15 is 0 Å². The number of rotatable bonds is 5. The van der Waals surface area contributed by atoms with Gasteiger partial charge in [0.1, 0.15) is 6.33 Å². The lowest BCUT2D eigenvalue weighted by Crippen LogP contribution is -2.04. The lowest BCUT2D eigenvalue weighted by molar-refractivity contribution is 0.659. The summed E-state index contributed by atoms with van der Waals surface area (Å²) in [6, 6.07) is 20.2. The summed E-state index contributed by atoms with van der Waals surface area (Å²) in [5, 5.41) is 17.4. The molecule has 134 valence electrons. The third-order valence-corrected chi connectivity index (χ3v) is 4.49. The zero-order valence-electron chi connectivity index (χ0n) is 15.3.